The van der Waals surface area contributed by atoms with Crippen molar-refractivity contribution in [2.75, 3.05) is 19.6 Å². The third kappa shape index (κ3) is 5.42. The van der Waals surface area contributed by atoms with Gasteiger partial charge in [-0.15, -0.1) is 0 Å². The predicted octanol–water partition coefficient (Wildman–Crippen LogP) is 2.81. The molecule has 1 N–H and O–H groups in total. The average Bonchev–Trinajstić information content (AvgIpc) is 2.91. The van der Waals surface area contributed by atoms with Crippen LogP contribution in [0, 0.1) is 0 Å². The van der Waals surface area contributed by atoms with E-state index in [9.17, 15) is 4.79 Å². The van der Waals surface area contributed by atoms with Crippen molar-refractivity contribution in [1.29, 1.82) is 0 Å². The summed E-state index contributed by atoms with van der Waals surface area (Å²) < 4.78 is 10.7. The van der Waals surface area contributed by atoms with E-state index in [0.29, 0.717) is 6.04 Å². The fraction of sp³-hybridized carbons (Fsp3) is 0.688. The van der Waals surface area contributed by atoms with E-state index in [-0.39, 0.29) is 6.09 Å². The van der Waals surface area contributed by atoms with Gasteiger partial charge >= 0.3 is 6.09 Å². The largest absolute Gasteiger partial charge is 0.469 e. The second kappa shape index (κ2) is 6.98. The molecule has 0 atom stereocenters. The maximum atomic E-state index is 12.0. The van der Waals surface area contributed by atoms with Gasteiger partial charge in [0.05, 0.1) is 6.26 Å². The first-order valence-corrected chi connectivity index (χ1v) is 7.68. The summed E-state index contributed by atoms with van der Waals surface area (Å²) in [5, 5.41) is 3.53. The number of amides is 1. The van der Waals surface area contributed by atoms with Crippen LogP contribution in [-0.2, 0) is 11.2 Å². The van der Waals surface area contributed by atoms with Crippen LogP contribution < -0.4 is 5.32 Å². The lowest BCUT2D eigenvalue weighted by Gasteiger charge is -2.33. The third-order valence-electron chi connectivity index (χ3n) is 3.53. The van der Waals surface area contributed by atoms with Gasteiger partial charge in [0.1, 0.15) is 11.4 Å². The van der Waals surface area contributed by atoms with Gasteiger partial charge in [0.15, 0.2) is 0 Å². The zero-order chi connectivity index (χ0) is 15.3. The van der Waals surface area contributed by atoms with Crippen LogP contribution in [0.25, 0.3) is 0 Å². The Labute approximate surface area is 126 Å². The van der Waals surface area contributed by atoms with Crippen LogP contribution in [0.3, 0.4) is 0 Å². The van der Waals surface area contributed by atoms with Crippen LogP contribution in [0.15, 0.2) is 22.8 Å². The molecule has 0 aliphatic carbocycles. The molecule has 1 aliphatic rings. The van der Waals surface area contributed by atoms with Crippen molar-refractivity contribution in [2.45, 2.75) is 51.7 Å². The molecule has 5 nitrogen and oxygen atoms in total. The number of likely N-dealkylation sites (tertiary alicyclic amines) is 1. The molecule has 2 rings (SSSR count). The summed E-state index contributed by atoms with van der Waals surface area (Å²) in [6, 6.07) is 4.38. The van der Waals surface area contributed by atoms with E-state index in [1.165, 1.54) is 0 Å². The van der Waals surface area contributed by atoms with Gasteiger partial charge in [-0.1, -0.05) is 0 Å². The van der Waals surface area contributed by atoms with Gasteiger partial charge in [-0.2, -0.15) is 0 Å². The van der Waals surface area contributed by atoms with Crippen LogP contribution in [0.5, 0.6) is 0 Å². The highest BCUT2D eigenvalue weighted by Crippen LogP contribution is 2.15. The van der Waals surface area contributed by atoms with E-state index >= 15 is 0 Å². The summed E-state index contributed by atoms with van der Waals surface area (Å²) in [6.45, 7) is 8.11. The minimum atomic E-state index is -0.421. The zero-order valence-electron chi connectivity index (χ0n) is 13.2. The molecule has 0 radical (unpaired) electrons. The molecule has 0 spiro atoms. The number of hydrogen-bond donors (Lipinski definition) is 1. The minimum Gasteiger partial charge on any atom is -0.469 e. The number of nitrogens with one attached hydrogen (secondary N) is 1. The second-order valence-corrected chi connectivity index (χ2v) is 6.53. The SMILES string of the molecule is CC(C)(C)OC(=O)N1CCC(NCCc2ccco2)CC1. The standard InChI is InChI=1S/C16H26N2O3/c1-16(2,3)21-15(19)18-10-7-13(8-11-18)17-9-6-14-5-4-12-20-14/h4-5,12-13,17H,6-11H2,1-3H3. The highest BCUT2D eigenvalue weighted by atomic mass is 16.6. The van der Waals surface area contributed by atoms with Gasteiger partial charge < -0.3 is 19.4 Å². The molecule has 1 aromatic heterocycles. The van der Waals surface area contributed by atoms with Crippen molar-refractivity contribution in [1.82, 2.24) is 10.2 Å². The number of furan rings is 1. The van der Waals surface area contributed by atoms with E-state index in [0.717, 1.165) is 44.7 Å². The first-order valence-electron chi connectivity index (χ1n) is 7.68. The fourth-order valence-corrected chi connectivity index (χ4v) is 2.45. The van der Waals surface area contributed by atoms with Crippen LogP contribution in [0.1, 0.15) is 39.4 Å². The first kappa shape index (κ1) is 15.9. The first-order chi connectivity index (χ1) is 9.94. The van der Waals surface area contributed by atoms with E-state index in [1.54, 1.807) is 11.2 Å². The lowest BCUT2D eigenvalue weighted by molar-refractivity contribution is 0.0198. The third-order valence-corrected chi connectivity index (χ3v) is 3.53. The zero-order valence-corrected chi connectivity index (χ0v) is 13.2. The van der Waals surface area contributed by atoms with Crippen LogP contribution in [-0.4, -0.2) is 42.3 Å². The van der Waals surface area contributed by atoms with Gasteiger partial charge in [0.2, 0.25) is 0 Å². The van der Waals surface area contributed by atoms with Crippen molar-refractivity contribution in [3.63, 3.8) is 0 Å². The highest BCUT2D eigenvalue weighted by Gasteiger charge is 2.26. The molecular formula is C16H26N2O3. The van der Waals surface area contributed by atoms with Crippen molar-refractivity contribution >= 4 is 6.09 Å². The number of carbonyl (C=O) groups is 1. The van der Waals surface area contributed by atoms with E-state index in [4.69, 9.17) is 9.15 Å². The number of rotatable bonds is 4. The summed E-state index contributed by atoms with van der Waals surface area (Å²) in [5.74, 6) is 1.01. The summed E-state index contributed by atoms with van der Waals surface area (Å²) >= 11 is 0. The lowest BCUT2D eigenvalue weighted by atomic mass is 10.1. The van der Waals surface area contributed by atoms with Crippen LogP contribution in [0.4, 0.5) is 4.79 Å². The maximum absolute atomic E-state index is 12.0. The molecular weight excluding hydrogens is 268 g/mol. The number of carbonyl (C=O) groups excluding carboxylic acids is 1. The molecule has 0 aromatic carbocycles. The smallest absolute Gasteiger partial charge is 0.410 e. The van der Waals surface area contributed by atoms with Gasteiger partial charge in [0, 0.05) is 32.1 Å². The molecule has 1 amide bonds. The quantitative estimate of drug-likeness (QED) is 0.927. The number of piperidine rings is 1. The summed E-state index contributed by atoms with van der Waals surface area (Å²) in [7, 11) is 0. The van der Waals surface area contributed by atoms with Crippen LogP contribution >= 0.6 is 0 Å². The molecule has 2 heterocycles. The Hall–Kier alpha value is -1.49. The average molecular weight is 294 g/mol. The maximum Gasteiger partial charge on any atom is 0.410 e. The molecule has 1 aromatic rings. The van der Waals surface area contributed by atoms with E-state index in [2.05, 4.69) is 5.32 Å². The topological polar surface area (TPSA) is 54.7 Å². The van der Waals surface area contributed by atoms with Gasteiger partial charge in [0.25, 0.3) is 0 Å². The van der Waals surface area contributed by atoms with Crippen LogP contribution in [0.2, 0.25) is 0 Å². The molecule has 21 heavy (non-hydrogen) atoms. The Bertz CT molecular complexity index is 429. The fourth-order valence-electron chi connectivity index (χ4n) is 2.45. The normalized spacial score (nSPS) is 17.0. The predicted molar refractivity (Wildman–Crippen MR) is 81.2 cm³/mol. The number of hydrogen-bond acceptors (Lipinski definition) is 4. The molecule has 5 heteroatoms. The second-order valence-electron chi connectivity index (χ2n) is 6.53. The Morgan fingerprint density at radius 3 is 2.71 bits per heavy atom. The van der Waals surface area contributed by atoms with E-state index < -0.39 is 5.60 Å². The summed E-state index contributed by atoms with van der Waals surface area (Å²) in [6.07, 6.45) is 4.35. The summed E-state index contributed by atoms with van der Waals surface area (Å²) in [5.41, 5.74) is -0.421. The van der Waals surface area contributed by atoms with Crippen molar-refractivity contribution in [3.05, 3.63) is 24.2 Å². The highest BCUT2D eigenvalue weighted by molar-refractivity contribution is 5.68. The molecule has 1 aliphatic heterocycles. The Morgan fingerprint density at radius 2 is 2.14 bits per heavy atom. The minimum absolute atomic E-state index is 0.198. The Kier molecular flexibility index (Phi) is 5.28. The summed E-state index contributed by atoms with van der Waals surface area (Å²) in [4.78, 5) is 13.8. The Morgan fingerprint density at radius 1 is 1.43 bits per heavy atom. The van der Waals surface area contributed by atoms with Gasteiger partial charge in [-0.05, 0) is 45.7 Å². The molecule has 0 bridgehead atoms. The van der Waals surface area contributed by atoms with Gasteiger partial charge in [-0.25, -0.2) is 4.79 Å². The number of nitrogens with zero attached hydrogens (tertiary/aromatic N) is 1. The molecule has 118 valence electrons. The number of ether oxygens (including phenoxy) is 1. The van der Waals surface area contributed by atoms with Crippen molar-refractivity contribution < 1.29 is 13.9 Å². The monoisotopic (exact) mass is 294 g/mol. The lowest BCUT2D eigenvalue weighted by Crippen LogP contribution is -2.46. The Balaban J connectivity index is 1.65. The molecule has 1 fully saturated rings. The van der Waals surface area contributed by atoms with E-state index in [1.807, 2.05) is 32.9 Å². The molecule has 0 unspecified atom stereocenters. The van der Waals surface area contributed by atoms with Crippen molar-refractivity contribution in [3.8, 4) is 0 Å². The van der Waals surface area contributed by atoms with Gasteiger partial charge in [-0.3, -0.25) is 0 Å². The molecule has 1 saturated heterocycles. The van der Waals surface area contributed by atoms with Crippen molar-refractivity contribution in [2.24, 2.45) is 0 Å². The molecule has 0 saturated carbocycles.